The van der Waals surface area contributed by atoms with E-state index in [1.165, 1.54) is 18.1 Å². The second-order valence-corrected chi connectivity index (χ2v) is 5.83. The quantitative estimate of drug-likeness (QED) is 0.859. The van der Waals surface area contributed by atoms with Gasteiger partial charge in [0.25, 0.3) is 0 Å². The molecule has 144 valence electrons. The van der Waals surface area contributed by atoms with Crippen molar-refractivity contribution in [3.63, 3.8) is 0 Å². The molecule has 1 N–H and O–H groups in total. The Morgan fingerprint density at radius 1 is 1.31 bits per heavy atom. The molecule has 2 rings (SSSR count). The first-order valence-corrected chi connectivity index (χ1v) is 8.24. The topological polar surface area (TPSA) is 67.9 Å². The number of nitrogens with one attached hydrogen (secondary N) is 1. The highest BCUT2D eigenvalue weighted by Gasteiger charge is 2.39. The van der Waals surface area contributed by atoms with Crippen LogP contribution in [0.4, 0.5) is 28.4 Å². The Kier molecular flexibility index (Phi) is 5.99. The lowest BCUT2D eigenvalue weighted by Gasteiger charge is -2.40. The van der Waals surface area contributed by atoms with E-state index in [2.05, 4.69) is 10.1 Å². The molecule has 0 bridgehead atoms. The molecule has 0 fully saturated rings. The van der Waals surface area contributed by atoms with E-state index in [-0.39, 0.29) is 30.3 Å². The van der Waals surface area contributed by atoms with Gasteiger partial charge in [0.15, 0.2) is 0 Å². The van der Waals surface area contributed by atoms with Gasteiger partial charge in [0.2, 0.25) is 0 Å². The SMILES string of the molecule is CCOC(=O)N1c2ccc(C(F)(F)F)cc2C(NC(=O)OC)CC1CC. The largest absolute Gasteiger partial charge is 0.453 e. The Morgan fingerprint density at radius 3 is 2.54 bits per heavy atom. The van der Waals surface area contributed by atoms with Crippen molar-refractivity contribution >= 4 is 17.9 Å². The van der Waals surface area contributed by atoms with Crippen molar-refractivity contribution in [3.05, 3.63) is 29.3 Å². The highest BCUT2D eigenvalue weighted by Crippen LogP contribution is 2.41. The summed E-state index contributed by atoms with van der Waals surface area (Å²) in [5.41, 5.74) is -0.370. The summed E-state index contributed by atoms with van der Waals surface area (Å²) in [6.07, 6.45) is -5.13. The van der Waals surface area contributed by atoms with Gasteiger partial charge >= 0.3 is 18.4 Å². The second kappa shape index (κ2) is 7.84. The normalized spacial score (nSPS) is 19.5. The third-order valence-corrected chi connectivity index (χ3v) is 4.28. The average Bonchev–Trinajstić information content (AvgIpc) is 2.60. The van der Waals surface area contributed by atoms with Crippen molar-refractivity contribution in [1.82, 2.24) is 5.32 Å². The van der Waals surface area contributed by atoms with Crippen LogP contribution < -0.4 is 10.2 Å². The summed E-state index contributed by atoms with van der Waals surface area (Å²) in [5.74, 6) is 0. The van der Waals surface area contributed by atoms with Crippen LogP contribution in [-0.2, 0) is 15.7 Å². The van der Waals surface area contributed by atoms with Crippen molar-refractivity contribution in [1.29, 1.82) is 0 Å². The molecule has 2 atom stereocenters. The van der Waals surface area contributed by atoms with Crippen LogP contribution in [0.25, 0.3) is 0 Å². The second-order valence-electron chi connectivity index (χ2n) is 5.83. The summed E-state index contributed by atoms with van der Waals surface area (Å²) in [4.78, 5) is 25.3. The fraction of sp³-hybridized carbons (Fsp3) is 0.529. The van der Waals surface area contributed by atoms with Gasteiger partial charge in [-0.25, -0.2) is 9.59 Å². The summed E-state index contributed by atoms with van der Waals surface area (Å²) < 4.78 is 49.0. The molecule has 1 aromatic carbocycles. The van der Waals surface area contributed by atoms with Gasteiger partial charge in [-0.05, 0) is 43.5 Å². The van der Waals surface area contributed by atoms with Crippen LogP contribution in [-0.4, -0.2) is 31.9 Å². The number of hydrogen-bond donors (Lipinski definition) is 1. The zero-order valence-corrected chi connectivity index (χ0v) is 14.7. The third kappa shape index (κ3) is 4.03. The number of ether oxygens (including phenoxy) is 2. The number of rotatable bonds is 3. The minimum Gasteiger partial charge on any atom is -0.453 e. The van der Waals surface area contributed by atoms with Crippen molar-refractivity contribution in [2.75, 3.05) is 18.6 Å². The van der Waals surface area contributed by atoms with Crippen LogP contribution in [0.2, 0.25) is 0 Å². The van der Waals surface area contributed by atoms with Gasteiger partial charge in [-0.3, -0.25) is 4.90 Å². The first-order valence-electron chi connectivity index (χ1n) is 8.24. The van der Waals surface area contributed by atoms with Gasteiger partial charge in [0, 0.05) is 6.04 Å². The van der Waals surface area contributed by atoms with Crippen molar-refractivity contribution in [3.8, 4) is 0 Å². The lowest BCUT2D eigenvalue weighted by molar-refractivity contribution is -0.137. The van der Waals surface area contributed by atoms with Gasteiger partial charge in [0.1, 0.15) is 0 Å². The van der Waals surface area contributed by atoms with Gasteiger partial charge in [-0.15, -0.1) is 0 Å². The van der Waals surface area contributed by atoms with Crippen LogP contribution in [0.5, 0.6) is 0 Å². The monoisotopic (exact) mass is 374 g/mol. The number of nitrogens with zero attached hydrogens (tertiary/aromatic N) is 1. The molecule has 0 saturated carbocycles. The average molecular weight is 374 g/mol. The van der Waals surface area contributed by atoms with Crippen LogP contribution in [0, 0.1) is 0 Å². The van der Waals surface area contributed by atoms with Crippen molar-refractivity contribution < 1.29 is 32.2 Å². The van der Waals surface area contributed by atoms with E-state index in [0.717, 1.165) is 12.1 Å². The maximum absolute atomic E-state index is 13.1. The molecule has 0 saturated heterocycles. The maximum Gasteiger partial charge on any atom is 0.416 e. The fourth-order valence-electron chi connectivity index (χ4n) is 3.06. The Labute approximate surface area is 149 Å². The van der Waals surface area contributed by atoms with Crippen LogP contribution in [0.1, 0.15) is 43.9 Å². The van der Waals surface area contributed by atoms with Crippen LogP contribution >= 0.6 is 0 Å². The number of benzene rings is 1. The first-order chi connectivity index (χ1) is 12.2. The molecule has 0 aliphatic carbocycles. The molecule has 1 aromatic rings. The molecule has 6 nitrogen and oxygen atoms in total. The van der Waals surface area contributed by atoms with Gasteiger partial charge in [-0.2, -0.15) is 13.2 Å². The van der Waals surface area contributed by atoms with E-state index in [9.17, 15) is 22.8 Å². The number of alkyl halides is 3. The van der Waals surface area contributed by atoms with E-state index < -0.39 is 30.0 Å². The van der Waals surface area contributed by atoms with E-state index in [1.807, 2.05) is 6.92 Å². The molecular weight excluding hydrogens is 353 g/mol. The summed E-state index contributed by atoms with van der Waals surface area (Å²) in [5, 5.41) is 2.55. The van der Waals surface area contributed by atoms with E-state index in [1.54, 1.807) is 6.92 Å². The molecule has 0 radical (unpaired) electrons. The van der Waals surface area contributed by atoms with Crippen molar-refractivity contribution in [2.24, 2.45) is 0 Å². The summed E-state index contributed by atoms with van der Waals surface area (Å²) >= 11 is 0. The predicted molar refractivity (Wildman–Crippen MR) is 87.9 cm³/mol. The molecule has 1 aliphatic rings. The Morgan fingerprint density at radius 2 is 2.00 bits per heavy atom. The number of amides is 2. The number of fused-ring (bicyclic) bond motifs is 1. The Bertz CT molecular complexity index is 678. The molecule has 1 aliphatic heterocycles. The number of carbonyl (C=O) groups excluding carboxylic acids is 2. The zero-order chi connectivity index (χ0) is 19.5. The number of hydrogen-bond acceptors (Lipinski definition) is 4. The third-order valence-electron chi connectivity index (χ3n) is 4.28. The van der Waals surface area contributed by atoms with E-state index >= 15 is 0 Å². The van der Waals surface area contributed by atoms with Gasteiger partial charge < -0.3 is 14.8 Å². The van der Waals surface area contributed by atoms with Gasteiger partial charge in [-0.1, -0.05) is 6.92 Å². The van der Waals surface area contributed by atoms with E-state index in [0.29, 0.717) is 6.42 Å². The lowest BCUT2D eigenvalue weighted by Crippen LogP contribution is -2.47. The maximum atomic E-state index is 13.1. The number of alkyl carbamates (subject to hydrolysis) is 1. The summed E-state index contributed by atoms with van der Waals surface area (Å²) in [6.45, 7) is 3.64. The van der Waals surface area contributed by atoms with E-state index in [4.69, 9.17) is 4.74 Å². The van der Waals surface area contributed by atoms with Gasteiger partial charge in [0.05, 0.1) is 31.0 Å². The first kappa shape index (κ1) is 19.9. The Balaban J connectivity index is 2.55. The fourth-order valence-corrected chi connectivity index (χ4v) is 3.06. The summed E-state index contributed by atoms with van der Waals surface area (Å²) in [7, 11) is 1.17. The number of carbonyl (C=O) groups is 2. The number of halogens is 3. The molecular formula is C17H21F3N2O4. The predicted octanol–water partition coefficient (Wildman–Crippen LogP) is 4.25. The van der Waals surface area contributed by atoms with Crippen molar-refractivity contribution in [2.45, 2.75) is 44.9 Å². The molecule has 0 aromatic heterocycles. The molecule has 9 heteroatoms. The van der Waals surface area contributed by atoms with Crippen LogP contribution in [0.15, 0.2) is 18.2 Å². The van der Waals surface area contributed by atoms with Crippen LogP contribution in [0.3, 0.4) is 0 Å². The lowest BCUT2D eigenvalue weighted by atomic mass is 9.89. The Hall–Kier alpha value is -2.45. The molecule has 2 unspecified atom stereocenters. The molecule has 0 spiro atoms. The summed E-state index contributed by atoms with van der Waals surface area (Å²) in [6, 6.07) is 2.06. The number of methoxy groups -OCH3 is 1. The minimum atomic E-state index is -4.54. The molecule has 1 heterocycles. The highest BCUT2D eigenvalue weighted by atomic mass is 19.4. The molecule has 26 heavy (non-hydrogen) atoms. The highest BCUT2D eigenvalue weighted by molar-refractivity contribution is 5.90. The number of anilines is 1. The smallest absolute Gasteiger partial charge is 0.416 e. The zero-order valence-electron chi connectivity index (χ0n) is 14.7. The molecule has 2 amide bonds. The minimum absolute atomic E-state index is 0.144. The standard InChI is InChI=1S/C17H21F3N2O4/c1-4-11-9-13(21-15(23)25-3)12-8-10(17(18,19)20)6-7-14(12)22(11)16(24)26-5-2/h6-8,11,13H,4-5,9H2,1-3H3,(H,21,23).